The van der Waals surface area contributed by atoms with Gasteiger partial charge in [0.1, 0.15) is 5.54 Å². The van der Waals surface area contributed by atoms with E-state index in [1.165, 1.54) is 6.92 Å². The molecule has 0 aromatic rings. The van der Waals surface area contributed by atoms with Crippen molar-refractivity contribution in [3.63, 3.8) is 0 Å². The Morgan fingerprint density at radius 2 is 1.89 bits per heavy atom. The molecule has 0 aliphatic carbocycles. The molecule has 0 bridgehead atoms. The summed E-state index contributed by atoms with van der Waals surface area (Å²) in [5.41, 5.74) is -1.58. The molecule has 1 amide bonds. The normalized spacial score (nSPS) is 14.9. The molecule has 0 spiro atoms. The van der Waals surface area contributed by atoms with Crippen LogP contribution in [0.25, 0.3) is 0 Å². The van der Waals surface area contributed by atoms with Crippen molar-refractivity contribution in [2.75, 3.05) is 6.54 Å². The van der Waals surface area contributed by atoms with Crippen molar-refractivity contribution in [2.24, 2.45) is 0 Å². The van der Waals surface area contributed by atoms with E-state index in [4.69, 9.17) is 5.11 Å². The van der Waals surface area contributed by atoms with Gasteiger partial charge in [-0.2, -0.15) is 13.2 Å². The third-order valence-corrected chi connectivity index (χ3v) is 2.81. The van der Waals surface area contributed by atoms with Crippen LogP contribution in [0.15, 0.2) is 0 Å². The van der Waals surface area contributed by atoms with E-state index in [9.17, 15) is 22.8 Å². The van der Waals surface area contributed by atoms with Gasteiger partial charge < -0.3 is 10.0 Å². The molecule has 0 aliphatic heterocycles. The number of carbonyl (C=O) groups is 2. The van der Waals surface area contributed by atoms with Gasteiger partial charge in [-0.15, -0.1) is 0 Å². The van der Waals surface area contributed by atoms with Crippen LogP contribution in [0.5, 0.6) is 0 Å². The van der Waals surface area contributed by atoms with Gasteiger partial charge in [0.25, 0.3) is 0 Å². The molecule has 0 heterocycles. The first kappa shape index (κ1) is 16.7. The van der Waals surface area contributed by atoms with Crippen molar-refractivity contribution in [1.82, 2.24) is 4.90 Å². The summed E-state index contributed by atoms with van der Waals surface area (Å²) >= 11 is 0. The van der Waals surface area contributed by atoms with Gasteiger partial charge in [0.2, 0.25) is 6.41 Å². The summed E-state index contributed by atoms with van der Waals surface area (Å²) in [6.07, 6.45) is -4.97. The van der Waals surface area contributed by atoms with Crippen LogP contribution >= 0.6 is 0 Å². The summed E-state index contributed by atoms with van der Waals surface area (Å²) in [6, 6.07) is 0. The number of halogens is 3. The Kier molecular flexibility index (Phi) is 6.14. The average Bonchev–Trinajstić information content (AvgIpc) is 2.23. The molecule has 0 rings (SSSR count). The average molecular weight is 269 g/mol. The number of aliphatic carboxylic acids is 1. The fourth-order valence-electron chi connectivity index (χ4n) is 1.66. The molecule has 0 radical (unpaired) electrons. The lowest BCUT2D eigenvalue weighted by molar-refractivity contribution is -0.157. The van der Waals surface area contributed by atoms with E-state index in [2.05, 4.69) is 0 Å². The maximum Gasteiger partial charge on any atom is 0.389 e. The van der Waals surface area contributed by atoms with Gasteiger partial charge in [0.15, 0.2) is 0 Å². The summed E-state index contributed by atoms with van der Waals surface area (Å²) in [4.78, 5) is 23.1. The molecule has 1 N–H and O–H groups in total. The van der Waals surface area contributed by atoms with Crippen LogP contribution in [0.3, 0.4) is 0 Å². The number of hydrogen-bond donors (Lipinski definition) is 1. The van der Waals surface area contributed by atoms with Crippen LogP contribution in [0.2, 0.25) is 0 Å². The van der Waals surface area contributed by atoms with Crippen LogP contribution in [0, 0.1) is 0 Å². The van der Waals surface area contributed by atoms with Crippen LogP contribution in [0.1, 0.15) is 39.5 Å². The Balaban J connectivity index is 4.71. The molecule has 0 fully saturated rings. The minimum Gasteiger partial charge on any atom is -0.480 e. The van der Waals surface area contributed by atoms with Gasteiger partial charge in [-0.3, -0.25) is 4.79 Å². The molecule has 0 aromatic heterocycles. The maximum atomic E-state index is 12.0. The zero-order valence-corrected chi connectivity index (χ0v) is 10.5. The summed E-state index contributed by atoms with van der Waals surface area (Å²) in [6.45, 7) is 3.24. The van der Waals surface area contributed by atoms with E-state index in [-0.39, 0.29) is 19.4 Å². The van der Waals surface area contributed by atoms with Gasteiger partial charge in [-0.05, 0) is 26.2 Å². The van der Waals surface area contributed by atoms with Crippen molar-refractivity contribution < 1.29 is 27.9 Å². The van der Waals surface area contributed by atoms with Crippen molar-refractivity contribution in [2.45, 2.75) is 51.2 Å². The molecule has 0 saturated heterocycles. The summed E-state index contributed by atoms with van der Waals surface area (Å²) in [7, 11) is 0. The Morgan fingerprint density at radius 3 is 2.22 bits per heavy atom. The molecule has 7 heteroatoms. The monoisotopic (exact) mass is 269 g/mol. The molecule has 0 aromatic carbocycles. The van der Waals surface area contributed by atoms with E-state index in [1.54, 1.807) is 6.92 Å². The molecule has 106 valence electrons. The zero-order chi connectivity index (χ0) is 14.4. The SMILES string of the molecule is CCCN(C=O)C(C)(CCCC(F)(F)F)C(=O)O. The predicted molar refractivity (Wildman–Crippen MR) is 59.0 cm³/mol. The van der Waals surface area contributed by atoms with Crippen LogP contribution < -0.4 is 0 Å². The minimum atomic E-state index is -4.31. The van der Waals surface area contributed by atoms with Gasteiger partial charge in [0, 0.05) is 13.0 Å². The number of rotatable bonds is 8. The molecule has 18 heavy (non-hydrogen) atoms. The second-order valence-electron chi connectivity index (χ2n) is 4.35. The number of alkyl halides is 3. The highest BCUT2D eigenvalue weighted by atomic mass is 19.4. The second-order valence-corrected chi connectivity index (χ2v) is 4.35. The van der Waals surface area contributed by atoms with E-state index >= 15 is 0 Å². The Morgan fingerprint density at radius 1 is 1.33 bits per heavy atom. The lowest BCUT2D eigenvalue weighted by Crippen LogP contribution is -2.52. The number of carbonyl (C=O) groups excluding carboxylic acids is 1. The highest BCUT2D eigenvalue weighted by Gasteiger charge is 2.39. The van der Waals surface area contributed by atoms with E-state index in [0.717, 1.165) is 4.90 Å². The lowest BCUT2D eigenvalue weighted by Gasteiger charge is -2.35. The molecule has 0 aliphatic rings. The summed E-state index contributed by atoms with van der Waals surface area (Å²) in [5.74, 6) is -1.29. The topological polar surface area (TPSA) is 57.6 Å². The quantitative estimate of drug-likeness (QED) is 0.688. The zero-order valence-electron chi connectivity index (χ0n) is 10.5. The largest absolute Gasteiger partial charge is 0.480 e. The Bertz CT molecular complexity index is 294. The molecule has 0 saturated carbocycles. The first-order chi connectivity index (χ1) is 8.17. The lowest BCUT2D eigenvalue weighted by atomic mass is 9.92. The fourth-order valence-corrected chi connectivity index (χ4v) is 1.66. The minimum absolute atomic E-state index is 0.207. The van der Waals surface area contributed by atoms with Crippen LogP contribution in [-0.4, -0.2) is 40.6 Å². The van der Waals surface area contributed by atoms with Gasteiger partial charge in [-0.1, -0.05) is 6.92 Å². The fraction of sp³-hybridized carbons (Fsp3) is 0.818. The third kappa shape index (κ3) is 4.93. The molecule has 1 atom stereocenters. The highest BCUT2D eigenvalue weighted by molar-refractivity contribution is 5.80. The number of nitrogens with zero attached hydrogens (tertiary/aromatic N) is 1. The Labute approximate surface area is 104 Å². The molecule has 4 nitrogen and oxygen atoms in total. The first-order valence-electron chi connectivity index (χ1n) is 5.69. The number of carboxylic acids is 1. The van der Waals surface area contributed by atoms with Crippen molar-refractivity contribution in [3.8, 4) is 0 Å². The standard InChI is InChI=1S/C11H18F3NO3/c1-3-7-15(8-16)10(2,9(17)18)5-4-6-11(12,13)14/h8H,3-7H2,1-2H3,(H,17,18). The van der Waals surface area contributed by atoms with Crippen LogP contribution in [0.4, 0.5) is 13.2 Å². The smallest absolute Gasteiger partial charge is 0.389 e. The highest BCUT2D eigenvalue weighted by Crippen LogP contribution is 2.27. The van der Waals surface area contributed by atoms with Crippen molar-refractivity contribution in [3.05, 3.63) is 0 Å². The molecular weight excluding hydrogens is 251 g/mol. The van der Waals surface area contributed by atoms with Crippen molar-refractivity contribution in [1.29, 1.82) is 0 Å². The predicted octanol–water partition coefficient (Wildman–Crippen LogP) is 2.43. The van der Waals surface area contributed by atoms with Gasteiger partial charge in [0.05, 0.1) is 0 Å². The maximum absolute atomic E-state index is 12.0. The van der Waals surface area contributed by atoms with E-state index in [0.29, 0.717) is 12.8 Å². The van der Waals surface area contributed by atoms with Crippen LogP contribution in [-0.2, 0) is 9.59 Å². The van der Waals surface area contributed by atoms with Gasteiger partial charge in [-0.25, -0.2) is 4.79 Å². The number of carboxylic acid groups (broad SMARTS) is 1. The first-order valence-corrected chi connectivity index (χ1v) is 5.69. The van der Waals surface area contributed by atoms with E-state index in [1.807, 2.05) is 0 Å². The van der Waals surface area contributed by atoms with Gasteiger partial charge >= 0.3 is 12.1 Å². The number of hydrogen-bond acceptors (Lipinski definition) is 2. The third-order valence-electron chi connectivity index (χ3n) is 2.81. The van der Waals surface area contributed by atoms with E-state index < -0.39 is 24.1 Å². The summed E-state index contributed by atoms with van der Waals surface area (Å²) < 4.78 is 36.1. The van der Waals surface area contributed by atoms with Crippen molar-refractivity contribution >= 4 is 12.4 Å². The molecule has 1 unspecified atom stereocenters. The second kappa shape index (κ2) is 6.61. The molecular formula is C11H18F3NO3. The Hall–Kier alpha value is -1.27. The number of amides is 1. The summed E-state index contributed by atoms with van der Waals surface area (Å²) in [5, 5.41) is 9.11.